The molecular formula is C15H16ClNO3. The molecule has 2 aromatic rings. The number of phenols is 2. The van der Waals surface area contributed by atoms with Crippen molar-refractivity contribution in [3.8, 4) is 11.5 Å². The summed E-state index contributed by atoms with van der Waals surface area (Å²) in [6.45, 7) is 1.56. The first kappa shape index (κ1) is 14.5. The lowest BCUT2D eigenvalue weighted by Crippen LogP contribution is -2.35. The van der Waals surface area contributed by atoms with Gasteiger partial charge < -0.3 is 20.6 Å². The van der Waals surface area contributed by atoms with Crippen LogP contribution in [0.3, 0.4) is 0 Å². The Bertz CT molecular complexity index is 580. The SMILES string of the molecule is CC(CO)(Nc1ccc(Cl)cc1)c1cc(O)cc(O)c1. The monoisotopic (exact) mass is 293 g/mol. The quantitative estimate of drug-likeness (QED) is 0.699. The lowest BCUT2D eigenvalue weighted by molar-refractivity contribution is 0.223. The minimum atomic E-state index is -0.843. The van der Waals surface area contributed by atoms with E-state index in [0.29, 0.717) is 10.6 Å². The number of aromatic hydroxyl groups is 2. The molecule has 20 heavy (non-hydrogen) atoms. The van der Waals surface area contributed by atoms with Crippen molar-refractivity contribution in [2.45, 2.75) is 12.5 Å². The maximum atomic E-state index is 9.68. The van der Waals surface area contributed by atoms with Gasteiger partial charge >= 0.3 is 0 Å². The Morgan fingerprint density at radius 2 is 1.60 bits per heavy atom. The van der Waals surface area contributed by atoms with E-state index in [1.165, 1.54) is 18.2 Å². The van der Waals surface area contributed by atoms with Gasteiger partial charge in [0.2, 0.25) is 0 Å². The Morgan fingerprint density at radius 3 is 2.10 bits per heavy atom. The smallest absolute Gasteiger partial charge is 0.119 e. The second kappa shape index (κ2) is 5.61. The Labute approximate surface area is 122 Å². The molecule has 0 aliphatic rings. The maximum Gasteiger partial charge on any atom is 0.119 e. The summed E-state index contributed by atoms with van der Waals surface area (Å²) in [5.41, 5.74) is 0.505. The van der Waals surface area contributed by atoms with Crippen molar-refractivity contribution in [3.63, 3.8) is 0 Å². The first-order valence-corrected chi connectivity index (χ1v) is 6.49. The Kier molecular flexibility index (Phi) is 4.06. The topological polar surface area (TPSA) is 72.7 Å². The van der Waals surface area contributed by atoms with Crippen molar-refractivity contribution < 1.29 is 15.3 Å². The lowest BCUT2D eigenvalue weighted by atomic mass is 9.92. The molecule has 0 saturated carbocycles. The van der Waals surface area contributed by atoms with Crippen molar-refractivity contribution in [2.24, 2.45) is 0 Å². The van der Waals surface area contributed by atoms with Crippen molar-refractivity contribution in [1.82, 2.24) is 0 Å². The predicted molar refractivity (Wildman–Crippen MR) is 79.3 cm³/mol. The fourth-order valence-electron chi connectivity index (χ4n) is 1.97. The van der Waals surface area contributed by atoms with E-state index in [9.17, 15) is 15.3 Å². The van der Waals surface area contributed by atoms with Crippen LogP contribution in [0.1, 0.15) is 12.5 Å². The van der Waals surface area contributed by atoms with E-state index in [-0.39, 0.29) is 18.1 Å². The van der Waals surface area contributed by atoms with Crippen LogP contribution in [0.15, 0.2) is 42.5 Å². The van der Waals surface area contributed by atoms with Crippen LogP contribution in [-0.4, -0.2) is 21.9 Å². The van der Waals surface area contributed by atoms with E-state index in [2.05, 4.69) is 5.32 Å². The van der Waals surface area contributed by atoms with Crippen molar-refractivity contribution in [3.05, 3.63) is 53.1 Å². The molecular weight excluding hydrogens is 278 g/mol. The van der Waals surface area contributed by atoms with Crippen LogP contribution in [0.5, 0.6) is 11.5 Å². The zero-order valence-electron chi connectivity index (χ0n) is 11.0. The first-order chi connectivity index (χ1) is 9.43. The summed E-state index contributed by atoms with van der Waals surface area (Å²) < 4.78 is 0. The van der Waals surface area contributed by atoms with Crippen molar-refractivity contribution >= 4 is 17.3 Å². The molecule has 0 aliphatic heterocycles. The van der Waals surface area contributed by atoms with Gasteiger partial charge in [0, 0.05) is 16.8 Å². The number of rotatable bonds is 4. The zero-order chi connectivity index (χ0) is 14.8. The molecule has 0 fully saturated rings. The van der Waals surface area contributed by atoms with Gasteiger partial charge in [-0.3, -0.25) is 0 Å². The molecule has 0 heterocycles. The van der Waals surface area contributed by atoms with E-state index in [1.807, 2.05) is 0 Å². The molecule has 0 amide bonds. The number of nitrogens with one attached hydrogen (secondary N) is 1. The highest BCUT2D eigenvalue weighted by atomic mass is 35.5. The van der Waals surface area contributed by atoms with E-state index < -0.39 is 5.54 Å². The van der Waals surface area contributed by atoms with Gasteiger partial charge in [0.1, 0.15) is 11.5 Å². The van der Waals surface area contributed by atoms with Crippen LogP contribution in [0, 0.1) is 0 Å². The fraction of sp³-hybridized carbons (Fsp3) is 0.200. The zero-order valence-corrected chi connectivity index (χ0v) is 11.7. The molecule has 2 aromatic carbocycles. The second-order valence-electron chi connectivity index (χ2n) is 4.86. The molecule has 5 heteroatoms. The first-order valence-electron chi connectivity index (χ1n) is 6.11. The van der Waals surface area contributed by atoms with Gasteiger partial charge in [0.25, 0.3) is 0 Å². The highest BCUT2D eigenvalue weighted by Gasteiger charge is 2.26. The van der Waals surface area contributed by atoms with Crippen molar-refractivity contribution in [2.75, 3.05) is 11.9 Å². The van der Waals surface area contributed by atoms with Gasteiger partial charge in [0.05, 0.1) is 12.1 Å². The number of phenolic OH excluding ortho intramolecular Hbond substituents is 2. The average molecular weight is 294 g/mol. The number of hydrogen-bond donors (Lipinski definition) is 4. The lowest BCUT2D eigenvalue weighted by Gasteiger charge is -2.30. The van der Waals surface area contributed by atoms with E-state index in [4.69, 9.17) is 11.6 Å². The van der Waals surface area contributed by atoms with E-state index in [0.717, 1.165) is 5.69 Å². The van der Waals surface area contributed by atoms with Crippen LogP contribution in [0.2, 0.25) is 5.02 Å². The maximum absolute atomic E-state index is 9.68. The van der Waals surface area contributed by atoms with Crippen LogP contribution in [0.25, 0.3) is 0 Å². The summed E-state index contributed by atoms with van der Waals surface area (Å²) in [5, 5.41) is 32.6. The van der Waals surface area contributed by atoms with Gasteiger partial charge in [-0.1, -0.05) is 11.6 Å². The molecule has 0 bridgehead atoms. The molecule has 106 valence electrons. The summed E-state index contributed by atoms with van der Waals surface area (Å²) in [4.78, 5) is 0. The van der Waals surface area contributed by atoms with Crippen LogP contribution >= 0.6 is 11.6 Å². The standard InChI is InChI=1S/C15H16ClNO3/c1-15(9-18,10-6-13(19)8-14(20)7-10)17-12-4-2-11(16)3-5-12/h2-8,17-20H,9H2,1H3. The van der Waals surface area contributed by atoms with Gasteiger partial charge in [-0.2, -0.15) is 0 Å². The molecule has 4 nitrogen and oxygen atoms in total. The number of halogens is 1. The van der Waals surface area contributed by atoms with Gasteiger partial charge in [-0.25, -0.2) is 0 Å². The largest absolute Gasteiger partial charge is 0.508 e. The number of aliphatic hydroxyl groups is 1. The third-order valence-corrected chi connectivity index (χ3v) is 3.37. The Balaban J connectivity index is 2.35. The summed E-state index contributed by atoms with van der Waals surface area (Å²) in [5.74, 6) is -0.116. The third-order valence-electron chi connectivity index (χ3n) is 3.12. The average Bonchev–Trinajstić information content (AvgIpc) is 2.40. The molecule has 0 aromatic heterocycles. The summed E-state index contributed by atoms with van der Waals surface area (Å²) in [6.07, 6.45) is 0. The van der Waals surface area contributed by atoms with Crippen LogP contribution < -0.4 is 5.32 Å². The van der Waals surface area contributed by atoms with Gasteiger partial charge in [-0.05, 0) is 48.9 Å². The van der Waals surface area contributed by atoms with Crippen LogP contribution in [-0.2, 0) is 5.54 Å². The highest BCUT2D eigenvalue weighted by Crippen LogP contribution is 2.31. The fourth-order valence-corrected chi connectivity index (χ4v) is 2.09. The summed E-state index contributed by atoms with van der Waals surface area (Å²) in [7, 11) is 0. The Morgan fingerprint density at radius 1 is 1.05 bits per heavy atom. The molecule has 1 atom stereocenters. The van der Waals surface area contributed by atoms with E-state index in [1.54, 1.807) is 31.2 Å². The number of benzene rings is 2. The van der Waals surface area contributed by atoms with E-state index >= 15 is 0 Å². The summed E-state index contributed by atoms with van der Waals surface area (Å²) in [6, 6.07) is 11.3. The van der Waals surface area contributed by atoms with Gasteiger partial charge in [0.15, 0.2) is 0 Å². The molecule has 0 spiro atoms. The second-order valence-corrected chi connectivity index (χ2v) is 5.30. The normalized spacial score (nSPS) is 13.8. The van der Waals surface area contributed by atoms with Crippen LogP contribution in [0.4, 0.5) is 5.69 Å². The molecule has 1 unspecified atom stereocenters. The van der Waals surface area contributed by atoms with Crippen molar-refractivity contribution in [1.29, 1.82) is 0 Å². The number of hydrogen-bond acceptors (Lipinski definition) is 4. The third kappa shape index (κ3) is 3.15. The van der Waals surface area contributed by atoms with Gasteiger partial charge in [-0.15, -0.1) is 0 Å². The minimum absolute atomic E-state index is 0.0578. The predicted octanol–water partition coefficient (Wildman–Crippen LogP) is 3.07. The molecule has 0 saturated heterocycles. The molecule has 0 aliphatic carbocycles. The molecule has 4 N–H and O–H groups in total. The molecule has 0 radical (unpaired) electrons. The number of anilines is 1. The Hall–Kier alpha value is -1.91. The highest BCUT2D eigenvalue weighted by molar-refractivity contribution is 6.30. The number of aliphatic hydroxyl groups excluding tert-OH is 1. The minimum Gasteiger partial charge on any atom is -0.508 e. The summed E-state index contributed by atoms with van der Waals surface area (Å²) >= 11 is 5.83. The molecule has 2 rings (SSSR count).